The molecule has 0 spiro atoms. The monoisotopic (exact) mass is 1570 g/mol. The van der Waals surface area contributed by atoms with E-state index in [4.69, 9.17) is 29.9 Å². The maximum atomic E-state index is 5.71. The van der Waals surface area contributed by atoms with Crippen molar-refractivity contribution < 1.29 is 9.97 Å². The van der Waals surface area contributed by atoms with E-state index in [1.54, 1.807) is 0 Å². The quantitative estimate of drug-likeness (QED) is 0.140. The fourth-order valence-electron chi connectivity index (χ4n) is 10.1. The number of aromatic amines is 2. The molecule has 8 aromatic carbocycles. The van der Waals surface area contributed by atoms with Gasteiger partial charge in [0.05, 0.1) is 16.7 Å². The van der Waals surface area contributed by atoms with Crippen LogP contribution in [0.5, 0.6) is 0 Å². The van der Waals surface area contributed by atoms with Crippen molar-refractivity contribution in [3.05, 3.63) is 275 Å². The smallest absolute Gasteiger partial charge is 0.331 e. The number of nitrogens with one attached hydrogen (secondary N) is 2. The molecule has 2 aliphatic rings. The average Bonchev–Trinajstić information content (AvgIpc) is 4.35. The summed E-state index contributed by atoms with van der Waals surface area (Å²) in [6, 6.07) is 66.1. The van der Waals surface area contributed by atoms with Crippen molar-refractivity contribution in [1.29, 1.82) is 0 Å². The van der Waals surface area contributed by atoms with Crippen molar-refractivity contribution in [3.8, 4) is 44.5 Å². The molecule has 0 saturated heterocycles. The molecular formula is C64H34Br8MgN8+2. The average molecular weight is 1580 g/mol. The summed E-state index contributed by atoms with van der Waals surface area (Å²) in [5.41, 5.74) is 15.4. The minimum absolute atomic E-state index is 0. The van der Waals surface area contributed by atoms with Crippen LogP contribution in [0.1, 0.15) is 45.6 Å². The van der Waals surface area contributed by atoms with E-state index in [-0.39, 0.29) is 23.1 Å². The van der Waals surface area contributed by atoms with Crippen LogP contribution in [-0.4, -0.2) is 43.0 Å². The van der Waals surface area contributed by atoms with Gasteiger partial charge in [0.2, 0.25) is 0 Å². The van der Waals surface area contributed by atoms with Crippen LogP contribution in [0.15, 0.2) is 230 Å². The second-order valence-corrected chi connectivity index (χ2v) is 26.0. The first kappa shape index (κ1) is 56.2. The van der Waals surface area contributed by atoms with Crippen molar-refractivity contribution in [2.24, 2.45) is 0 Å². The van der Waals surface area contributed by atoms with Crippen LogP contribution in [0.2, 0.25) is 0 Å². The zero-order valence-corrected chi connectivity index (χ0v) is 56.0. The molecule has 0 radical (unpaired) electrons. The summed E-state index contributed by atoms with van der Waals surface area (Å²) in [7, 11) is 0. The summed E-state index contributed by atoms with van der Waals surface area (Å²) >= 11 is 29.7. The van der Waals surface area contributed by atoms with Crippen LogP contribution < -0.4 is 19.9 Å². The van der Waals surface area contributed by atoms with Gasteiger partial charge in [-0.3, -0.25) is 9.97 Å². The number of H-pyrrole nitrogens is 2. The Morgan fingerprint density at radius 1 is 0.222 bits per heavy atom. The number of halogens is 8. The van der Waals surface area contributed by atoms with Gasteiger partial charge >= 0.3 is 23.1 Å². The molecule has 3 aromatic heterocycles. The first-order valence-corrected chi connectivity index (χ1v) is 31.1. The van der Waals surface area contributed by atoms with E-state index < -0.39 is 0 Å². The summed E-state index contributed by atoms with van der Waals surface area (Å²) in [5, 5.41) is 0. The first-order chi connectivity index (χ1) is 38.9. The zero-order chi connectivity index (χ0) is 54.8. The standard InChI is InChI=1S/C64H32Br8N8.Mg/c65-41-17-1-33(2-18-41)49-50(34-3-19-42(66)20-4-34)58-73-57(49)77-59-51(35-5-21-43(67)22-6-35)52(36-7-23-44(68)24-8-36)61(74-59)79-63-55(39-13-29-47(71)30-14-39)56(40-15-31-48(72)32-16-40)64(76-63)80-62-54(38-11-27-46(70)28-12-38)53(60(75-62)78-58)37-9-25-45(69)26-10-37;/h1-32H;/q-2;+2/p+2. The van der Waals surface area contributed by atoms with Crippen molar-refractivity contribution in [2.45, 2.75) is 0 Å². The van der Waals surface area contributed by atoms with E-state index in [0.717, 1.165) is 125 Å². The molecule has 2 aliphatic heterocycles. The number of hydrogen-bond donors (Lipinski definition) is 0. The Morgan fingerprint density at radius 2 is 0.370 bits per heavy atom. The number of aromatic nitrogens is 8. The van der Waals surface area contributed by atoms with Gasteiger partial charge in [0.15, 0.2) is 16.9 Å². The summed E-state index contributed by atoms with van der Waals surface area (Å²) in [6.07, 6.45) is 0. The van der Waals surface area contributed by atoms with E-state index in [9.17, 15) is 0 Å². The predicted molar refractivity (Wildman–Crippen MR) is 353 cm³/mol. The molecular weight excluding hydrogens is 1540 g/mol. The van der Waals surface area contributed by atoms with Gasteiger partial charge in [0, 0.05) is 69.3 Å². The van der Waals surface area contributed by atoms with Gasteiger partial charge in [-0.25, -0.2) is 4.98 Å². The fraction of sp³-hybridized carbons (Fsp3) is 0. The molecule has 13 rings (SSSR count). The molecule has 0 aliphatic carbocycles. The van der Waals surface area contributed by atoms with Gasteiger partial charge in [-0.15, -0.1) is 0 Å². The fourth-order valence-corrected chi connectivity index (χ4v) is 12.2. The molecule has 0 amide bonds. The van der Waals surface area contributed by atoms with Gasteiger partial charge in [-0.2, -0.15) is 0 Å². The van der Waals surface area contributed by atoms with E-state index in [2.05, 4.69) is 234 Å². The minimum atomic E-state index is 0. The Bertz CT molecular complexity index is 3920. The van der Waals surface area contributed by atoms with Crippen LogP contribution in [0.25, 0.3) is 89.4 Å². The van der Waals surface area contributed by atoms with Crippen LogP contribution in [0, 0.1) is 0 Å². The third-order valence-electron chi connectivity index (χ3n) is 13.7. The third-order valence-corrected chi connectivity index (χ3v) is 17.9. The predicted octanol–water partition coefficient (Wildman–Crippen LogP) is 18.4. The number of nitrogens with zero attached hydrogens (tertiary/aromatic N) is 6. The zero-order valence-electron chi connectivity index (χ0n) is 41.9. The minimum Gasteiger partial charge on any atom is -0.331 e. The van der Waals surface area contributed by atoms with Crippen LogP contribution in [-0.2, 0) is 0 Å². The van der Waals surface area contributed by atoms with Gasteiger partial charge < -0.3 is 9.97 Å². The molecule has 0 saturated carbocycles. The van der Waals surface area contributed by atoms with Crippen LogP contribution in [0.4, 0.5) is 0 Å². The molecule has 0 unspecified atom stereocenters. The maximum absolute atomic E-state index is 5.71. The molecule has 8 bridgehead atoms. The first-order valence-electron chi connectivity index (χ1n) is 24.8. The number of benzene rings is 8. The molecule has 17 heteroatoms. The molecule has 81 heavy (non-hydrogen) atoms. The van der Waals surface area contributed by atoms with Gasteiger partial charge in [-0.1, -0.05) is 239 Å². The van der Waals surface area contributed by atoms with E-state index in [1.165, 1.54) is 0 Å². The van der Waals surface area contributed by atoms with E-state index in [1.807, 2.05) is 97.1 Å². The second kappa shape index (κ2) is 23.7. The summed E-state index contributed by atoms with van der Waals surface area (Å²) < 4.78 is 7.48. The SMILES string of the molecule is Brc1ccc(C2=C(c3ccc(Br)cc3)c3nc4[n-]c(nc5[nH+]c(nc6[n-]c(nc2[nH+]3)c(-c2ccc(Br)cc2)c6-c2ccc(Br)cc2)C(c2ccc(Br)cc2)=C5c2ccc(Br)cc2)c(-c2ccc(Br)cc2)c4-c2ccc(Br)cc2)cc1.[Mg+2]. The van der Waals surface area contributed by atoms with Crippen molar-refractivity contribution >= 4 is 195 Å². The Balaban J connectivity index is 0.00000651. The second-order valence-electron chi connectivity index (χ2n) is 18.7. The Labute approximate surface area is 548 Å². The summed E-state index contributed by atoms with van der Waals surface area (Å²) in [5.74, 6) is 2.13. The number of rotatable bonds is 8. The van der Waals surface area contributed by atoms with Crippen molar-refractivity contribution in [2.75, 3.05) is 0 Å². The van der Waals surface area contributed by atoms with Crippen molar-refractivity contribution in [1.82, 2.24) is 29.9 Å². The molecule has 386 valence electrons. The Morgan fingerprint density at radius 3 is 0.531 bits per heavy atom. The van der Waals surface area contributed by atoms with E-state index in [0.29, 0.717) is 45.9 Å². The van der Waals surface area contributed by atoms with Gasteiger partial charge in [0.1, 0.15) is 5.82 Å². The third kappa shape index (κ3) is 11.3. The number of fused-ring (bicyclic) bond motifs is 8. The normalized spacial score (nSPS) is 12.2. The number of hydrogen-bond acceptors (Lipinski definition) is 4. The van der Waals surface area contributed by atoms with Crippen LogP contribution >= 0.6 is 127 Å². The maximum Gasteiger partial charge on any atom is 2.00 e. The van der Waals surface area contributed by atoms with E-state index >= 15 is 0 Å². The largest absolute Gasteiger partial charge is 2.00 e. The van der Waals surface area contributed by atoms with Crippen molar-refractivity contribution in [3.63, 3.8) is 0 Å². The molecule has 5 heterocycles. The molecule has 11 aromatic rings. The topological polar surface area (TPSA) is 108 Å². The molecule has 0 fully saturated rings. The molecule has 2 N–H and O–H groups in total. The van der Waals surface area contributed by atoms with Gasteiger partial charge in [-0.05, 0) is 142 Å². The van der Waals surface area contributed by atoms with Gasteiger partial charge in [0.25, 0.3) is 17.5 Å². The molecule has 0 atom stereocenters. The summed E-state index contributed by atoms with van der Waals surface area (Å²) in [4.78, 5) is 41.5. The van der Waals surface area contributed by atoms with Crippen LogP contribution in [0.3, 0.4) is 0 Å². The Kier molecular flexibility index (Phi) is 16.5. The molecule has 8 nitrogen and oxygen atoms in total. The Hall–Kier alpha value is -5.31. The summed E-state index contributed by atoms with van der Waals surface area (Å²) in [6.45, 7) is 0.